The number of benzene rings is 1. The van der Waals surface area contributed by atoms with Gasteiger partial charge in [0.25, 0.3) is 0 Å². The van der Waals surface area contributed by atoms with Crippen molar-refractivity contribution in [2.75, 3.05) is 18.9 Å². The van der Waals surface area contributed by atoms with E-state index in [1.54, 1.807) is 0 Å². The highest BCUT2D eigenvalue weighted by Crippen LogP contribution is 2.31. The molecule has 0 spiro atoms. The summed E-state index contributed by atoms with van der Waals surface area (Å²) >= 11 is 1.97. The van der Waals surface area contributed by atoms with Gasteiger partial charge in [-0.25, -0.2) is 0 Å². The van der Waals surface area contributed by atoms with Crippen molar-refractivity contribution >= 4 is 11.8 Å². The van der Waals surface area contributed by atoms with Crippen LogP contribution >= 0.6 is 11.8 Å². The van der Waals surface area contributed by atoms with E-state index >= 15 is 0 Å². The lowest BCUT2D eigenvalue weighted by Gasteiger charge is -2.26. The Bertz CT molecular complexity index is 356. The molecule has 17 heavy (non-hydrogen) atoms. The Kier molecular flexibility index (Phi) is 4.89. The topological polar surface area (TPSA) is 35.2 Å². The van der Waals surface area contributed by atoms with Crippen LogP contribution in [0.25, 0.3) is 0 Å². The molecule has 0 aromatic heterocycles. The maximum absolute atomic E-state index is 5.88. The predicted octanol–water partition coefficient (Wildman–Crippen LogP) is 2.77. The minimum absolute atomic E-state index is 0.269. The fourth-order valence-electron chi connectivity index (χ4n) is 2.18. The zero-order valence-electron chi connectivity index (χ0n) is 10.4. The van der Waals surface area contributed by atoms with Gasteiger partial charge in [0.1, 0.15) is 0 Å². The largest absolute Gasteiger partial charge is 0.372 e. The first kappa shape index (κ1) is 12.9. The standard InChI is InChI=1S/C14H21NOS/c1-11(6-8-15)17-10-14-13-5-3-2-4-12(13)7-9-16-14/h2-5,11,14H,6-10,15H2,1H3. The Hall–Kier alpha value is -0.510. The number of rotatable bonds is 5. The Balaban J connectivity index is 1.94. The Morgan fingerprint density at radius 3 is 3.12 bits per heavy atom. The normalized spacial score (nSPS) is 20.9. The zero-order valence-corrected chi connectivity index (χ0v) is 11.2. The second-order valence-electron chi connectivity index (χ2n) is 4.53. The molecular weight excluding hydrogens is 230 g/mol. The molecule has 2 nitrogen and oxygen atoms in total. The summed E-state index contributed by atoms with van der Waals surface area (Å²) < 4.78 is 5.88. The van der Waals surface area contributed by atoms with Gasteiger partial charge in [0, 0.05) is 11.0 Å². The highest BCUT2D eigenvalue weighted by atomic mass is 32.2. The van der Waals surface area contributed by atoms with Crippen LogP contribution in [0.15, 0.2) is 24.3 Å². The SMILES string of the molecule is CC(CCN)SCC1OCCc2ccccc21. The Labute approximate surface area is 108 Å². The van der Waals surface area contributed by atoms with Crippen LogP contribution < -0.4 is 5.73 Å². The quantitative estimate of drug-likeness (QED) is 0.874. The number of ether oxygens (including phenoxy) is 1. The first-order valence-corrected chi connectivity index (χ1v) is 7.37. The monoisotopic (exact) mass is 251 g/mol. The molecule has 0 aliphatic carbocycles. The van der Waals surface area contributed by atoms with Crippen molar-refractivity contribution in [3.63, 3.8) is 0 Å². The molecular formula is C14H21NOS. The third kappa shape index (κ3) is 3.47. The summed E-state index contributed by atoms with van der Waals surface area (Å²) in [4.78, 5) is 0. The van der Waals surface area contributed by atoms with Gasteiger partial charge in [0.2, 0.25) is 0 Å². The van der Waals surface area contributed by atoms with E-state index in [1.807, 2.05) is 11.8 Å². The molecule has 2 unspecified atom stereocenters. The number of hydrogen-bond acceptors (Lipinski definition) is 3. The van der Waals surface area contributed by atoms with Crippen molar-refractivity contribution in [2.45, 2.75) is 31.1 Å². The van der Waals surface area contributed by atoms with Gasteiger partial charge in [0.05, 0.1) is 12.7 Å². The van der Waals surface area contributed by atoms with E-state index < -0.39 is 0 Å². The van der Waals surface area contributed by atoms with E-state index in [4.69, 9.17) is 10.5 Å². The molecule has 2 atom stereocenters. The molecule has 3 heteroatoms. The van der Waals surface area contributed by atoms with Crippen LogP contribution in [-0.2, 0) is 11.2 Å². The van der Waals surface area contributed by atoms with Gasteiger partial charge < -0.3 is 10.5 Å². The van der Waals surface area contributed by atoms with Gasteiger partial charge in [-0.2, -0.15) is 11.8 Å². The summed E-state index contributed by atoms with van der Waals surface area (Å²) in [5.41, 5.74) is 8.41. The van der Waals surface area contributed by atoms with Crippen LogP contribution in [0.4, 0.5) is 0 Å². The van der Waals surface area contributed by atoms with Crippen molar-refractivity contribution in [3.05, 3.63) is 35.4 Å². The fraction of sp³-hybridized carbons (Fsp3) is 0.571. The minimum atomic E-state index is 0.269. The van der Waals surface area contributed by atoms with E-state index in [0.29, 0.717) is 5.25 Å². The van der Waals surface area contributed by atoms with Crippen LogP contribution in [0, 0.1) is 0 Å². The van der Waals surface area contributed by atoms with Crippen molar-refractivity contribution in [3.8, 4) is 0 Å². The van der Waals surface area contributed by atoms with Gasteiger partial charge in [-0.1, -0.05) is 31.2 Å². The maximum Gasteiger partial charge on any atom is 0.0918 e. The smallest absolute Gasteiger partial charge is 0.0918 e. The summed E-state index contributed by atoms with van der Waals surface area (Å²) in [6.07, 6.45) is 2.40. The highest BCUT2D eigenvalue weighted by Gasteiger charge is 2.20. The van der Waals surface area contributed by atoms with E-state index in [0.717, 1.165) is 31.7 Å². The second-order valence-corrected chi connectivity index (χ2v) is 6.00. The average molecular weight is 251 g/mol. The molecule has 2 rings (SSSR count). The van der Waals surface area contributed by atoms with Gasteiger partial charge in [0.15, 0.2) is 0 Å². The maximum atomic E-state index is 5.88. The third-order valence-corrected chi connectivity index (χ3v) is 4.50. The van der Waals surface area contributed by atoms with E-state index in [2.05, 4.69) is 31.2 Å². The highest BCUT2D eigenvalue weighted by molar-refractivity contribution is 7.99. The van der Waals surface area contributed by atoms with E-state index in [-0.39, 0.29) is 6.10 Å². The molecule has 2 N–H and O–H groups in total. The fourth-order valence-corrected chi connectivity index (χ4v) is 3.27. The second kappa shape index (κ2) is 6.43. The molecule has 1 heterocycles. The van der Waals surface area contributed by atoms with Crippen molar-refractivity contribution in [1.29, 1.82) is 0 Å². The lowest BCUT2D eigenvalue weighted by atomic mass is 9.99. The summed E-state index contributed by atoms with van der Waals surface area (Å²) in [7, 11) is 0. The molecule has 1 aliphatic rings. The minimum Gasteiger partial charge on any atom is -0.372 e. The molecule has 0 fully saturated rings. The van der Waals surface area contributed by atoms with Crippen LogP contribution in [0.1, 0.15) is 30.6 Å². The molecule has 94 valence electrons. The summed E-state index contributed by atoms with van der Waals surface area (Å²) in [5, 5.41) is 0.623. The lowest BCUT2D eigenvalue weighted by Crippen LogP contribution is -2.19. The van der Waals surface area contributed by atoms with E-state index in [9.17, 15) is 0 Å². The number of thioether (sulfide) groups is 1. The zero-order chi connectivity index (χ0) is 12.1. The van der Waals surface area contributed by atoms with Crippen LogP contribution in [0.3, 0.4) is 0 Å². The van der Waals surface area contributed by atoms with Crippen molar-refractivity contribution in [1.82, 2.24) is 0 Å². The molecule has 1 aromatic carbocycles. The molecule has 1 aromatic rings. The number of fused-ring (bicyclic) bond motifs is 1. The van der Waals surface area contributed by atoms with Crippen LogP contribution in [-0.4, -0.2) is 24.2 Å². The first-order valence-electron chi connectivity index (χ1n) is 6.32. The van der Waals surface area contributed by atoms with Gasteiger partial charge in [-0.05, 0) is 30.5 Å². The predicted molar refractivity (Wildman–Crippen MR) is 74.4 cm³/mol. The molecule has 0 bridgehead atoms. The van der Waals surface area contributed by atoms with Gasteiger partial charge >= 0.3 is 0 Å². The summed E-state index contributed by atoms with van der Waals surface area (Å²) in [6, 6.07) is 8.64. The lowest BCUT2D eigenvalue weighted by molar-refractivity contribution is 0.0587. The Morgan fingerprint density at radius 1 is 1.47 bits per heavy atom. The van der Waals surface area contributed by atoms with Gasteiger partial charge in [-0.15, -0.1) is 0 Å². The average Bonchev–Trinajstić information content (AvgIpc) is 2.36. The molecule has 1 aliphatic heterocycles. The first-order chi connectivity index (χ1) is 8.31. The van der Waals surface area contributed by atoms with Crippen LogP contribution in [0.2, 0.25) is 0 Å². The molecule has 0 amide bonds. The summed E-state index contributed by atoms with van der Waals surface area (Å²) in [6.45, 7) is 3.87. The Morgan fingerprint density at radius 2 is 2.29 bits per heavy atom. The third-order valence-electron chi connectivity index (χ3n) is 3.20. The molecule has 0 saturated carbocycles. The number of nitrogens with two attached hydrogens (primary N) is 1. The molecule has 0 radical (unpaired) electrons. The van der Waals surface area contributed by atoms with E-state index in [1.165, 1.54) is 11.1 Å². The molecule has 0 saturated heterocycles. The van der Waals surface area contributed by atoms with Crippen molar-refractivity contribution in [2.24, 2.45) is 5.73 Å². The van der Waals surface area contributed by atoms with Crippen molar-refractivity contribution < 1.29 is 4.74 Å². The summed E-state index contributed by atoms with van der Waals surface area (Å²) in [5.74, 6) is 1.04. The number of hydrogen-bond donors (Lipinski definition) is 1. The van der Waals surface area contributed by atoms with Crippen LogP contribution in [0.5, 0.6) is 0 Å². The van der Waals surface area contributed by atoms with Gasteiger partial charge in [-0.3, -0.25) is 0 Å².